The zero-order valence-electron chi connectivity index (χ0n) is 18.1. The fraction of sp³-hybridized carbons (Fsp3) is 0.111. The number of nitrogens with zero attached hydrogens (tertiary/aromatic N) is 3. The van der Waals surface area contributed by atoms with Gasteiger partial charge in [-0.2, -0.15) is 0 Å². The van der Waals surface area contributed by atoms with E-state index < -0.39 is 6.17 Å². The van der Waals surface area contributed by atoms with Gasteiger partial charge in [-0.15, -0.1) is 0 Å². The summed E-state index contributed by atoms with van der Waals surface area (Å²) in [6, 6.07) is 23.7. The monoisotopic (exact) mass is 448 g/mol. The van der Waals surface area contributed by atoms with Crippen LogP contribution in [0.1, 0.15) is 38.9 Å². The van der Waals surface area contributed by atoms with Crippen molar-refractivity contribution in [1.82, 2.24) is 9.88 Å². The Hall–Kier alpha value is -4.52. The number of nitrogens with one attached hydrogen (secondary N) is 1. The lowest BCUT2D eigenvalue weighted by molar-refractivity contribution is -0.116. The minimum atomic E-state index is -0.569. The maximum absolute atomic E-state index is 13.5. The first-order chi connectivity index (χ1) is 16.6. The summed E-state index contributed by atoms with van der Waals surface area (Å²) in [5.74, 6) is -0.547. The molecule has 3 amide bonds. The van der Waals surface area contributed by atoms with E-state index in [9.17, 15) is 14.4 Å². The molecule has 3 aromatic carbocycles. The number of fused-ring (bicyclic) bond motifs is 6. The standard InChI is InChI=1S/C27H20N4O3/c32-24(29-22-12-5-11-21-19(22)10-6-15-28-21)14-16-30-25-17-7-1-2-8-18(17)27(34)31(25)23-13-4-3-9-20(23)26(30)33/h1-13,15,25H,14,16H2,(H,29,32)/t25-/m0/s1. The van der Waals surface area contributed by atoms with E-state index in [0.29, 0.717) is 22.5 Å². The van der Waals surface area contributed by atoms with E-state index in [-0.39, 0.29) is 30.7 Å². The van der Waals surface area contributed by atoms with Crippen molar-refractivity contribution in [2.75, 3.05) is 16.8 Å². The Balaban J connectivity index is 1.30. The number of rotatable bonds is 4. The Kier molecular flexibility index (Phi) is 4.62. The lowest BCUT2D eigenvalue weighted by Crippen LogP contribution is -2.49. The van der Waals surface area contributed by atoms with Crippen molar-refractivity contribution in [3.8, 4) is 0 Å². The Bertz CT molecular complexity index is 1480. The zero-order chi connectivity index (χ0) is 23.2. The minimum Gasteiger partial charge on any atom is -0.325 e. The fourth-order valence-corrected chi connectivity index (χ4v) is 4.85. The van der Waals surface area contributed by atoms with E-state index in [1.807, 2.05) is 54.6 Å². The molecule has 0 bridgehead atoms. The van der Waals surface area contributed by atoms with Crippen LogP contribution in [0.25, 0.3) is 10.9 Å². The van der Waals surface area contributed by atoms with Crippen molar-refractivity contribution in [2.45, 2.75) is 12.6 Å². The number of pyridine rings is 1. The predicted molar refractivity (Wildman–Crippen MR) is 128 cm³/mol. The summed E-state index contributed by atoms with van der Waals surface area (Å²) in [7, 11) is 0. The fourth-order valence-electron chi connectivity index (χ4n) is 4.85. The summed E-state index contributed by atoms with van der Waals surface area (Å²) in [5.41, 5.74) is 3.88. The van der Waals surface area contributed by atoms with E-state index in [0.717, 1.165) is 16.5 Å². The first-order valence-electron chi connectivity index (χ1n) is 11.1. The smallest absolute Gasteiger partial charge is 0.260 e. The molecule has 0 unspecified atom stereocenters. The van der Waals surface area contributed by atoms with Gasteiger partial charge >= 0.3 is 0 Å². The second-order valence-corrected chi connectivity index (χ2v) is 8.33. The Morgan fingerprint density at radius 1 is 0.853 bits per heavy atom. The van der Waals surface area contributed by atoms with Crippen LogP contribution >= 0.6 is 0 Å². The Morgan fingerprint density at radius 2 is 1.65 bits per heavy atom. The van der Waals surface area contributed by atoms with Gasteiger partial charge in [0.1, 0.15) is 6.17 Å². The second kappa shape index (κ2) is 7.81. The van der Waals surface area contributed by atoms with Crippen molar-refractivity contribution < 1.29 is 14.4 Å². The first kappa shape index (κ1) is 20.1. The van der Waals surface area contributed by atoms with Crippen LogP contribution in [0.15, 0.2) is 85.1 Å². The minimum absolute atomic E-state index is 0.0885. The lowest BCUT2D eigenvalue weighted by atomic mass is 10.0. The van der Waals surface area contributed by atoms with Gasteiger partial charge in [0.15, 0.2) is 0 Å². The topological polar surface area (TPSA) is 82.6 Å². The summed E-state index contributed by atoms with van der Waals surface area (Å²) in [6.45, 7) is 0.171. The van der Waals surface area contributed by atoms with Gasteiger partial charge in [-0.3, -0.25) is 24.3 Å². The van der Waals surface area contributed by atoms with Gasteiger partial charge in [0.05, 0.1) is 22.5 Å². The molecule has 1 N–H and O–H groups in total. The normalized spacial score (nSPS) is 16.3. The molecule has 2 aliphatic heterocycles. The summed E-state index contributed by atoms with van der Waals surface area (Å²) in [4.78, 5) is 47.2. The summed E-state index contributed by atoms with van der Waals surface area (Å²) in [5, 5.41) is 3.80. The maximum atomic E-state index is 13.5. The van der Waals surface area contributed by atoms with Gasteiger partial charge in [-0.1, -0.05) is 36.4 Å². The molecule has 0 aliphatic carbocycles. The third kappa shape index (κ3) is 3.05. The highest BCUT2D eigenvalue weighted by Crippen LogP contribution is 2.45. The third-order valence-corrected chi connectivity index (χ3v) is 6.38. The molecule has 6 rings (SSSR count). The van der Waals surface area contributed by atoms with Gasteiger partial charge in [0.2, 0.25) is 5.91 Å². The number of carbonyl (C=O) groups excluding carboxylic acids is 3. The zero-order valence-corrected chi connectivity index (χ0v) is 18.1. The number of anilines is 2. The summed E-state index contributed by atoms with van der Waals surface area (Å²) in [6.07, 6.45) is 1.23. The molecule has 0 saturated heterocycles. The molecule has 7 heteroatoms. The SMILES string of the molecule is O=C(CCN1C(=O)c2ccccc2N2C(=O)c3ccccc3[C@@H]12)Nc1cccc2ncccc12. The van der Waals surface area contributed by atoms with E-state index in [2.05, 4.69) is 10.3 Å². The van der Waals surface area contributed by atoms with Crippen molar-refractivity contribution in [1.29, 1.82) is 0 Å². The van der Waals surface area contributed by atoms with E-state index in [1.54, 1.807) is 40.3 Å². The number of hydrogen-bond donors (Lipinski definition) is 1. The molecule has 3 heterocycles. The molecule has 166 valence electrons. The molecule has 7 nitrogen and oxygen atoms in total. The number of amides is 3. The summed E-state index contributed by atoms with van der Waals surface area (Å²) >= 11 is 0. The lowest BCUT2D eigenvalue weighted by Gasteiger charge is -2.40. The number of aromatic nitrogens is 1. The molecule has 0 fully saturated rings. The van der Waals surface area contributed by atoms with Crippen molar-refractivity contribution >= 4 is 40.0 Å². The van der Waals surface area contributed by atoms with Gasteiger partial charge in [0, 0.05) is 35.7 Å². The highest BCUT2D eigenvalue weighted by atomic mass is 16.2. The molecular weight excluding hydrogens is 428 g/mol. The predicted octanol–water partition coefficient (Wildman–Crippen LogP) is 4.38. The molecule has 1 aromatic heterocycles. The highest BCUT2D eigenvalue weighted by Gasteiger charge is 2.47. The Morgan fingerprint density at radius 3 is 2.53 bits per heavy atom. The van der Waals surface area contributed by atoms with Crippen LogP contribution in [0, 0.1) is 0 Å². The van der Waals surface area contributed by atoms with Crippen molar-refractivity contribution in [3.63, 3.8) is 0 Å². The van der Waals surface area contributed by atoms with Gasteiger partial charge in [-0.25, -0.2) is 0 Å². The number of hydrogen-bond acceptors (Lipinski definition) is 4. The van der Waals surface area contributed by atoms with Crippen LogP contribution in [0.5, 0.6) is 0 Å². The number of carbonyl (C=O) groups is 3. The van der Waals surface area contributed by atoms with E-state index >= 15 is 0 Å². The molecule has 4 aromatic rings. The quantitative estimate of drug-likeness (QED) is 0.502. The molecule has 34 heavy (non-hydrogen) atoms. The molecule has 0 radical (unpaired) electrons. The van der Waals surface area contributed by atoms with E-state index in [1.165, 1.54) is 0 Å². The second-order valence-electron chi connectivity index (χ2n) is 8.33. The van der Waals surface area contributed by atoms with Crippen molar-refractivity contribution in [2.24, 2.45) is 0 Å². The molecule has 2 aliphatic rings. The molecule has 0 spiro atoms. The van der Waals surface area contributed by atoms with Gasteiger partial charge < -0.3 is 10.2 Å². The number of para-hydroxylation sites is 1. The summed E-state index contributed by atoms with van der Waals surface area (Å²) < 4.78 is 0. The van der Waals surface area contributed by atoms with Crippen LogP contribution in [0.2, 0.25) is 0 Å². The molecule has 0 saturated carbocycles. The maximum Gasteiger partial charge on any atom is 0.260 e. The third-order valence-electron chi connectivity index (χ3n) is 6.38. The van der Waals surface area contributed by atoms with Gasteiger partial charge in [-0.05, 0) is 42.5 Å². The van der Waals surface area contributed by atoms with Crippen LogP contribution in [0.4, 0.5) is 11.4 Å². The van der Waals surface area contributed by atoms with E-state index in [4.69, 9.17) is 0 Å². The average Bonchev–Trinajstić information content (AvgIpc) is 3.17. The van der Waals surface area contributed by atoms with Crippen molar-refractivity contribution in [3.05, 3.63) is 102 Å². The van der Waals surface area contributed by atoms with Crippen LogP contribution in [0.3, 0.4) is 0 Å². The molecule has 1 atom stereocenters. The van der Waals surface area contributed by atoms with Crippen LogP contribution in [-0.2, 0) is 4.79 Å². The van der Waals surface area contributed by atoms with Crippen LogP contribution in [-0.4, -0.2) is 34.2 Å². The average molecular weight is 448 g/mol. The number of benzene rings is 3. The largest absolute Gasteiger partial charge is 0.325 e. The van der Waals surface area contributed by atoms with Crippen LogP contribution < -0.4 is 10.2 Å². The van der Waals surface area contributed by atoms with Gasteiger partial charge in [0.25, 0.3) is 11.8 Å². The Labute approximate surface area is 195 Å². The molecular formula is C27H20N4O3. The first-order valence-corrected chi connectivity index (χ1v) is 11.1. The highest BCUT2D eigenvalue weighted by molar-refractivity contribution is 6.16.